The molecule has 0 fully saturated rings. The fourth-order valence-corrected chi connectivity index (χ4v) is 1.63. The largest absolute Gasteiger partial charge is 0.452 e. The SMILES string of the molecule is COC(=O)N(CCCCO)c1cc(C)ccc1F. The van der Waals surface area contributed by atoms with Crippen LogP contribution in [0.1, 0.15) is 18.4 Å². The van der Waals surface area contributed by atoms with Crippen LogP contribution in [0.2, 0.25) is 0 Å². The average Bonchev–Trinajstić information content (AvgIpc) is 2.37. The van der Waals surface area contributed by atoms with Gasteiger partial charge < -0.3 is 9.84 Å². The van der Waals surface area contributed by atoms with Gasteiger partial charge in [0.25, 0.3) is 0 Å². The zero-order valence-electron chi connectivity index (χ0n) is 10.6. The summed E-state index contributed by atoms with van der Waals surface area (Å²) in [6, 6.07) is 4.57. The van der Waals surface area contributed by atoms with Gasteiger partial charge in [-0.3, -0.25) is 4.90 Å². The molecule has 1 amide bonds. The molecule has 0 bridgehead atoms. The van der Waals surface area contributed by atoms with Crippen LogP contribution in [0, 0.1) is 12.7 Å². The van der Waals surface area contributed by atoms with Crippen molar-refractivity contribution in [2.24, 2.45) is 0 Å². The van der Waals surface area contributed by atoms with E-state index in [-0.39, 0.29) is 12.3 Å². The summed E-state index contributed by atoms with van der Waals surface area (Å²) in [5.74, 6) is -0.463. The molecule has 1 rings (SSSR count). The summed E-state index contributed by atoms with van der Waals surface area (Å²) >= 11 is 0. The van der Waals surface area contributed by atoms with Gasteiger partial charge in [0.05, 0.1) is 12.8 Å². The molecular formula is C13H18FNO3. The van der Waals surface area contributed by atoms with Crippen molar-refractivity contribution in [1.82, 2.24) is 0 Å². The van der Waals surface area contributed by atoms with Crippen LogP contribution in [0.5, 0.6) is 0 Å². The molecule has 1 aromatic rings. The number of aliphatic hydroxyl groups is 1. The molecule has 0 aliphatic heterocycles. The van der Waals surface area contributed by atoms with Crippen LogP contribution in [-0.2, 0) is 4.74 Å². The molecule has 0 spiro atoms. The molecule has 18 heavy (non-hydrogen) atoms. The zero-order chi connectivity index (χ0) is 13.5. The van der Waals surface area contributed by atoms with Gasteiger partial charge in [-0.1, -0.05) is 6.07 Å². The summed E-state index contributed by atoms with van der Waals surface area (Å²) in [6.45, 7) is 2.19. The maximum Gasteiger partial charge on any atom is 0.414 e. The lowest BCUT2D eigenvalue weighted by molar-refractivity contribution is 0.178. The number of carbonyl (C=O) groups is 1. The van der Waals surface area contributed by atoms with Gasteiger partial charge in [0.2, 0.25) is 0 Å². The molecule has 4 nitrogen and oxygen atoms in total. The topological polar surface area (TPSA) is 49.8 Å². The third kappa shape index (κ3) is 3.70. The van der Waals surface area contributed by atoms with Crippen molar-refractivity contribution in [3.8, 4) is 0 Å². The number of aliphatic hydroxyl groups excluding tert-OH is 1. The minimum absolute atomic E-state index is 0.0469. The highest BCUT2D eigenvalue weighted by atomic mass is 19.1. The molecule has 0 aliphatic rings. The van der Waals surface area contributed by atoms with E-state index in [4.69, 9.17) is 5.11 Å². The summed E-state index contributed by atoms with van der Waals surface area (Å²) in [5.41, 5.74) is 1.07. The Hall–Kier alpha value is -1.62. The van der Waals surface area contributed by atoms with E-state index in [1.807, 2.05) is 6.92 Å². The highest BCUT2D eigenvalue weighted by Crippen LogP contribution is 2.22. The van der Waals surface area contributed by atoms with Crippen molar-refractivity contribution in [3.63, 3.8) is 0 Å². The second kappa shape index (κ2) is 6.96. The number of hydrogen-bond donors (Lipinski definition) is 1. The highest BCUT2D eigenvalue weighted by molar-refractivity contribution is 5.87. The molecule has 0 atom stereocenters. The number of hydrogen-bond acceptors (Lipinski definition) is 3. The minimum Gasteiger partial charge on any atom is -0.452 e. The Labute approximate surface area is 106 Å². The van der Waals surface area contributed by atoms with Crippen molar-refractivity contribution in [1.29, 1.82) is 0 Å². The number of rotatable bonds is 5. The maximum absolute atomic E-state index is 13.7. The van der Waals surface area contributed by atoms with E-state index in [2.05, 4.69) is 4.74 Å². The van der Waals surface area contributed by atoms with Gasteiger partial charge in [0.15, 0.2) is 0 Å². The quantitative estimate of drug-likeness (QED) is 0.822. The monoisotopic (exact) mass is 255 g/mol. The molecular weight excluding hydrogens is 237 g/mol. The van der Waals surface area contributed by atoms with Crippen LogP contribution in [0.4, 0.5) is 14.9 Å². The average molecular weight is 255 g/mol. The van der Waals surface area contributed by atoms with Crippen molar-refractivity contribution in [3.05, 3.63) is 29.6 Å². The number of methoxy groups -OCH3 is 1. The Balaban J connectivity index is 2.93. The van der Waals surface area contributed by atoms with Crippen LogP contribution >= 0.6 is 0 Å². The summed E-state index contributed by atoms with van der Waals surface area (Å²) in [7, 11) is 1.26. The molecule has 0 heterocycles. The summed E-state index contributed by atoms with van der Waals surface area (Å²) < 4.78 is 18.4. The van der Waals surface area contributed by atoms with Crippen molar-refractivity contribution in [2.45, 2.75) is 19.8 Å². The Bertz CT molecular complexity index is 409. The molecule has 1 N–H and O–H groups in total. The lowest BCUT2D eigenvalue weighted by Crippen LogP contribution is -2.32. The summed E-state index contributed by atoms with van der Waals surface area (Å²) in [4.78, 5) is 12.9. The first-order valence-electron chi connectivity index (χ1n) is 5.82. The lowest BCUT2D eigenvalue weighted by atomic mass is 10.2. The molecule has 0 radical (unpaired) electrons. The number of anilines is 1. The van der Waals surface area contributed by atoms with Gasteiger partial charge in [0.1, 0.15) is 5.82 Å². The van der Waals surface area contributed by atoms with Crippen LogP contribution in [0.15, 0.2) is 18.2 Å². The molecule has 100 valence electrons. The van der Waals surface area contributed by atoms with Gasteiger partial charge >= 0.3 is 6.09 Å². The molecule has 1 aromatic carbocycles. The van der Waals surface area contributed by atoms with Crippen molar-refractivity contribution in [2.75, 3.05) is 25.2 Å². The van der Waals surface area contributed by atoms with E-state index < -0.39 is 11.9 Å². The van der Waals surface area contributed by atoms with E-state index in [0.29, 0.717) is 19.4 Å². The normalized spacial score (nSPS) is 10.2. The lowest BCUT2D eigenvalue weighted by Gasteiger charge is -2.22. The molecule has 5 heteroatoms. The highest BCUT2D eigenvalue weighted by Gasteiger charge is 2.19. The van der Waals surface area contributed by atoms with Gasteiger partial charge in [-0.2, -0.15) is 0 Å². The smallest absolute Gasteiger partial charge is 0.414 e. The number of unbranched alkanes of at least 4 members (excludes halogenated alkanes) is 1. The van der Waals surface area contributed by atoms with Gasteiger partial charge in [-0.05, 0) is 37.5 Å². The maximum atomic E-state index is 13.7. The van der Waals surface area contributed by atoms with Crippen LogP contribution in [0.25, 0.3) is 0 Å². The number of halogens is 1. The van der Waals surface area contributed by atoms with E-state index in [9.17, 15) is 9.18 Å². The Kier molecular flexibility index (Phi) is 5.58. The Morgan fingerprint density at radius 1 is 1.44 bits per heavy atom. The predicted molar refractivity (Wildman–Crippen MR) is 67.2 cm³/mol. The summed E-state index contributed by atoms with van der Waals surface area (Å²) in [6.07, 6.45) is 0.539. The Morgan fingerprint density at radius 2 is 2.17 bits per heavy atom. The molecule has 0 unspecified atom stereocenters. The number of aryl methyl sites for hydroxylation is 1. The van der Waals surface area contributed by atoms with Crippen molar-refractivity contribution >= 4 is 11.8 Å². The van der Waals surface area contributed by atoms with Crippen LogP contribution in [-0.4, -0.2) is 31.5 Å². The molecule has 0 saturated carbocycles. The first kappa shape index (κ1) is 14.4. The van der Waals surface area contributed by atoms with E-state index in [0.717, 1.165) is 5.56 Å². The first-order valence-corrected chi connectivity index (χ1v) is 5.82. The van der Waals surface area contributed by atoms with E-state index in [1.54, 1.807) is 12.1 Å². The van der Waals surface area contributed by atoms with Crippen LogP contribution < -0.4 is 4.90 Å². The van der Waals surface area contributed by atoms with Gasteiger partial charge in [-0.15, -0.1) is 0 Å². The van der Waals surface area contributed by atoms with Gasteiger partial charge in [-0.25, -0.2) is 9.18 Å². The first-order chi connectivity index (χ1) is 8.60. The second-order valence-electron chi connectivity index (χ2n) is 4.01. The van der Waals surface area contributed by atoms with Crippen LogP contribution in [0.3, 0.4) is 0 Å². The fourth-order valence-electron chi connectivity index (χ4n) is 1.63. The molecule has 0 saturated heterocycles. The number of nitrogens with zero attached hydrogens (tertiary/aromatic N) is 1. The number of benzene rings is 1. The third-order valence-electron chi connectivity index (χ3n) is 2.58. The number of amides is 1. The number of carbonyl (C=O) groups excluding carboxylic acids is 1. The zero-order valence-corrected chi connectivity index (χ0v) is 10.6. The van der Waals surface area contributed by atoms with Crippen molar-refractivity contribution < 1.29 is 19.0 Å². The van der Waals surface area contributed by atoms with Gasteiger partial charge in [0, 0.05) is 13.2 Å². The van der Waals surface area contributed by atoms with E-state index >= 15 is 0 Å². The predicted octanol–water partition coefficient (Wildman–Crippen LogP) is 2.48. The molecule has 0 aromatic heterocycles. The Morgan fingerprint density at radius 3 is 2.78 bits per heavy atom. The third-order valence-corrected chi connectivity index (χ3v) is 2.58. The minimum atomic E-state index is -0.600. The molecule has 0 aliphatic carbocycles. The van der Waals surface area contributed by atoms with E-state index in [1.165, 1.54) is 18.1 Å². The number of ether oxygens (including phenoxy) is 1. The summed E-state index contributed by atoms with van der Waals surface area (Å²) in [5, 5.41) is 8.74. The fraction of sp³-hybridized carbons (Fsp3) is 0.462. The standard InChI is InChI=1S/C13H18FNO3/c1-10-5-6-11(14)12(9-10)15(13(17)18-2)7-3-4-8-16/h5-6,9,16H,3-4,7-8H2,1-2H3. The second-order valence-corrected chi connectivity index (χ2v) is 4.01.